The first-order chi connectivity index (χ1) is 20.0. The SMILES string of the molecule is CCOC(=O)c1c(NC(=O)c2ccc(Cl)cc2)c2ccc(-c3ccc(S(C)(=O)=O)cc3)cc2n1Cc1cccc(Cl)c1. The van der Waals surface area contributed by atoms with E-state index in [1.807, 2.05) is 36.4 Å². The topological polar surface area (TPSA) is 94.5 Å². The Morgan fingerprint density at radius 3 is 2.19 bits per heavy atom. The molecule has 1 aromatic heterocycles. The Kier molecular flexibility index (Phi) is 8.41. The summed E-state index contributed by atoms with van der Waals surface area (Å²) in [7, 11) is -3.35. The van der Waals surface area contributed by atoms with Crippen LogP contribution in [0.25, 0.3) is 22.0 Å². The second kappa shape index (κ2) is 12.0. The number of carbonyl (C=O) groups excluding carboxylic acids is 2. The molecule has 0 saturated carbocycles. The number of nitrogens with one attached hydrogen (secondary N) is 1. The number of carbonyl (C=O) groups is 2. The Balaban J connectivity index is 1.71. The fourth-order valence-electron chi connectivity index (χ4n) is 4.73. The minimum Gasteiger partial charge on any atom is -0.461 e. The zero-order chi connectivity index (χ0) is 30.0. The summed E-state index contributed by atoms with van der Waals surface area (Å²) in [6, 6.07) is 25.9. The van der Waals surface area contributed by atoms with Crippen LogP contribution in [0, 0.1) is 0 Å². The Morgan fingerprint density at radius 1 is 0.857 bits per heavy atom. The molecule has 0 aliphatic carbocycles. The number of ether oxygens (including phenoxy) is 1. The van der Waals surface area contributed by atoms with E-state index >= 15 is 0 Å². The molecule has 0 radical (unpaired) electrons. The summed E-state index contributed by atoms with van der Waals surface area (Å²) in [6.07, 6.45) is 1.16. The van der Waals surface area contributed by atoms with Crippen molar-refractivity contribution in [1.82, 2.24) is 4.57 Å². The number of nitrogens with zero attached hydrogens (tertiary/aromatic N) is 1. The lowest BCUT2D eigenvalue weighted by atomic mass is 10.0. The van der Waals surface area contributed by atoms with E-state index < -0.39 is 21.7 Å². The highest BCUT2D eigenvalue weighted by atomic mass is 35.5. The van der Waals surface area contributed by atoms with Crippen molar-refractivity contribution in [2.45, 2.75) is 18.4 Å². The number of benzene rings is 4. The summed E-state index contributed by atoms with van der Waals surface area (Å²) in [5.74, 6) is -1.01. The van der Waals surface area contributed by atoms with E-state index in [0.29, 0.717) is 32.2 Å². The van der Waals surface area contributed by atoms with Crippen LogP contribution in [0.3, 0.4) is 0 Å². The number of hydrogen-bond acceptors (Lipinski definition) is 5. The first kappa shape index (κ1) is 29.4. The molecule has 0 atom stereocenters. The largest absolute Gasteiger partial charge is 0.461 e. The number of aromatic nitrogens is 1. The average Bonchev–Trinajstić information content (AvgIpc) is 3.25. The monoisotopic (exact) mass is 620 g/mol. The van der Waals surface area contributed by atoms with Crippen LogP contribution in [-0.2, 0) is 21.1 Å². The second-order valence-corrected chi connectivity index (χ2v) is 12.5. The molecule has 10 heteroatoms. The molecule has 5 rings (SSSR count). The van der Waals surface area contributed by atoms with Crippen LogP contribution in [0.4, 0.5) is 5.69 Å². The highest BCUT2D eigenvalue weighted by molar-refractivity contribution is 7.90. The van der Waals surface area contributed by atoms with Crippen LogP contribution < -0.4 is 5.32 Å². The van der Waals surface area contributed by atoms with Gasteiger partial charge in [-0.3, -0.25) is 4.79 Å². The number of sulfone groups is 1. The van der Waals surface area contributed by atoms with Crippen LogP contribution in [-0.4, -0.2) is 37.7 Å². The minimum atomic E-state index is -3.35. The maximum atomic E-state index is 13.5. The predicted molar refractivity (Wildman–Crippen MR) is 166 cm³/mol. The second-order valence-electron chi connectivity index (χ2n) is 9.65. The normalized spacial score (nSPS) is 11.4. The average molecular weight is 622 g/mol. The van der Waals surface area contributed by atoms with Crippen molar-refractivity contribution in [2.24, 2.45) is 0 Å². The third kappa shape index (κ3) is 6.21. The fourth-order valence-corrected chi connectivity index (χ4v) is 5.70. The highest BCUT2D eigenvalue weighted by Gasteiger charge is 2.26. The highest BCUT2D eigenvalue weighted by Crippen LogP contribution is 2.36. The van der Waals surface area contributed by atoms with Gasteiger partial charge in [0.1, 0.15) is 0 Å². The first-order valence-electron chi connectivity index (χ1n) is 13.0. The standard InChI is InChI=1S/C32H26Cl2N2O5S/c1-3-41-32(38)30-29(35-31(37)22-7-12-24(33)13-8-22)27-16-11-23(21-9-14-26(15-10-21)42(2,39)40)18-28(27)36(30)19-20-5-4-6-25(34)17-20/h4-18H,3,19H2,1-2H3,(H,35,37). The van der Waals surface area contributed by atoms with Gasteiger partial charge in [-0.1, -0.05) is 59.6 Å². The van der Waals surface area contributed by atoms with E-state index in [1.165, 1.54) is 0 Å². The van der Waals surface area contributed by atoms with Crippen LogP contribution in [0.5, 0.6) is 0 Å². The molecule has 0 unspecified atom stereocenters. The maximum absolute atomic E-state index is 13.5. The summed E-state index contributed by atoms with van der Waals surface area (Å²) in [4.78, 5) is 27.0. The van der Waals surface area contributed by atoms with E-state index in [2.05, 4.69) is 5.32 Å². The molecule has 1 heterocycles. The molecule has 0 saturated heterocycles. The smallest absolute Gasteiger partial charge is 0.357 e. The fraction of sp³-hybridized carbons (Fsp3) is 0.125. The van der Waals surface area contributed by atoms with Gasteiger partial charge >= 0.3 is 5.97 Å². The van der Waals surface area contributed by atoms with Gasteiger partial charge < -0.3 is 14.6 Å². The Labute approximate surface area is 253 Å². The van der Waals surface area contributed by atoms with Gasteiger partial charge in [0.15, 0.2) is 15.5 Å². The Morgan fingerprint density at radius 2 is 1.55 bits per heavy atom. The summed E-state index contributed by atoms with van der Waals surface area (Å²) < 4.78 is 31.2. The van der Waals surface area contributed by atoms with Crippen LogP contribution >= 0.6 is 23.2 Å². The molecule has 1 N–H and O–H groups in total. The summed E-state index contributed by atoms with van der Waals surface area (Å²) >= 11 is 12.3. The van der Waals surface area contributed by atoms with Gasteiger partial charge in [-0.05, 0) is 78.2 Å². The molecule has 0 bridgehead atoms. The zero-order valence-corrected chi connectivity index (χ0v) is 25.1. The van der Waals surface area contributed by atoms with Gasteiger partial charge in [0.25, 0.3) is 5.91 Å². The van der Waals surface area contributed by atoms with Gasteiger partial charge in [-0.2, -0.15) is 0 Å². The predicted octanol–water partition coefficient (Wildman–Crippen LogP) is 7.50. The molecule has 5 aromatic rings. The van der Waals surface area contributed by atoms with E-state index in [4.69, 9.17) is 27.9 Å². The van der Waals surface area contributed by atoms with Gasteiger partial charge in [-0.25, -0.2) is 13.2 Å². The number of anilines is 1. The molecule has 42 heavy (non-hydrogen) atoms. The van der Waals surface area contributed by atoms with Crippen molar-refractivity contribution in [2.75, 3.05) is 18.2 Å². The van der Waals surface area contributed by atoms with Crippen LogP contribution in [0.15, 0.2) is 95.9 Å². The van der Waals surface area contributed by atoms with Crippen molar-refractivity contribution in [3.05, 3.63) is 118 Å². The van der Waals surface area contributed by atoms with Crippen molar-refractivity contribution in [1.29, 1.82) is 0 Å². The minimum absolute atomic E-state index is 0.139. The molecule has 214 valence electrons. The van der Waals surface area contributed by atoms with Crippen molar-refractivity contribution < 1.29 is 22.7 Å². The molecule has 0 aliphatic rings. The lowest BCUT2D eigenvalue weighted by Gasteiger charge is -2.13. The summed E-state index contributed by atoms with van der Waals surface area (Å²) in [6.45, 7) is 2.12. The molecule has 1 amide bonds. The molecule has 4 aromatic carbocycles. The van der Waals surface area contributed by atoms with E-state index in [9.17, 15) is 18.0 Å². The number of hydrogen-bond donors (Lipinski definition) is 1. The third-order valence-electron chi connectivity index (χ3n) is 6.72. The molecular formula is C32H26Cl2N2O5S. The lowest BCUT2D eigenvalue weighted by molar-refractivity contribution is 0.0516. The van der Waals surface area contributed by atoms with E-state index in [1.54, 1.807) is 66.1 Å². The maximum Gasteiger partial charge on any atom is 0.357 e. The van der Waals surface area contributed by atoms with Crippen LogP contribution in [0.1, 0.15) is 33.3 Å². The summed E-state index contributed by atoms with van der Waals surface area (Å²) in [5.41, 5.74) is 3.93. The van der Waals surface area contributed by atoms with Gasteiger partial charge in [-0.15, -0.1) is 0 Å². The molecule has 0 aliphatic heterocycles. The number of fused-ring (bicyclic) bond motifs is 1. The molecule has 7 nitrogen and oxygen atoms in total. The number of halogens is 2. The first-order valence-corrected chi connectivity index (χ1v) is 15.6. The molecule has 0 fully saturated rings. The van der Waals surface area contributed by atoms with Gasteiger partial charge in [0.2, 0.25) is 0 Å². The number of rotatable bonds is 8. The molecular weight excluding hydrogens is 595 g/mol. The summed E-state index contributed by atoms with van der Waals surface area (Å²) in [5, 5.41) is 4.60. The van der Waals surface area contributed by atoms with E-state index in [0.717, 1.165) is 22.9 Å². The Hall–Kier alpha value is -4.11. The Bertz CT molecular complexity index is 1920. The van der Waals surface area contributed by atoms with Crippen molar-refractivity contribution in [3.8, 4) is 11.1 Å². The van der Waals surface area contributed by atoms with Crippen molar-refractivity contribution >= 4 is 61.5 Å². The lowest BCUT2D eigenvalue weighted by Crippen LogP contribution is -2.18. The quantitative estimate of drug-likeness (QED) is 0.181. The van der Waals surface area contributed by atoms with E-state index in [-0.39, 0.29) is 23.7 Å². The number of esters is 1. The molecule has 0 spiro atoms. The van der Waals surface area contributed by atoms with Crippen LogP contribution in [0.2, 0.25) is 10.0 Å². The third-order valence-corrected chi connectivity index (χ3v) is 8.34. The van der Waals surface area contributed by atoms with Gasteiger partial charge in [0, 0.05) is 33.8 Å². The zero-order valence-electron chi connectivity index (χ0n) is 22.7. The van der Waals surface area contributed by atoms with Crippen molar-refractivity contribution in [3.63, 3.8) is 0 Å². The van der Waals surface area contributed by atoms with Gasteiger partial charge in [0.05, 0.1) is 22.7 Å². The number of amides is 1.